The minimum absolute atomic E-state index is 0.271. The van der Waals surface area contributed by atoms with Crippen LogP contribution in [0, 0.1) is 0 Å². The molecule has 0 spiro atoms. The van der Waals surface area contributed by atoms with Crippen LogP contribution >= 0.6 is 12.6 Å². The summed E-state index contributed by atoms with van der Waals surface area (Å²) in [5, 5.41) is 0.569. The van der Waals surface area contributed by atoms with Gasteiger partial charge in [-0.1, -0.05) is 30.3 Å². The van der Waals surface area contributed by atoms with Gasteiger partial charge in [0, 0.05) is 6.26 Å². The van der Waals surface area contributed by atoms with Crippen LogP contribution in [0.3, 0.4) is 0 Å². The number of hydrogen-bond acceptors (Lipinski definition) is 4. The van der Waals surface area contributed by atoms with Gasteiger partial charge < -0.3 is 4.57 Å². The highest BCUT2D eigenvalue weighted by Gasteiger charge is 2.13. The molecule has 4 nitrogen and oxygen atoms in total. The molecule has 0 unspecified atom stereocenters. The minimum atomic E-state index is -3.23. The second kappa shape index (κ2) is 5.20. The second-order valence-electron chi connectivity index (χ2n) is 4.91. The predicted octanol–water partition coefficient (Wildman–Crippen LogP) is 2.78. The maximum absolute atomic E-state index is 11.6. The fourth-order valence-corrected chi connectivity index (χ4v) is 3.18. The first-order valence-electron chi connectivity index (χ1n) is 6.38. The van der Waals surface area contributed by atoms with Gasteiger partial charge in [-0.15, -0.1) is 12.6 Å². The van der Waals surface area contributed by atoms with Crippen molar-refractivity contribution in [2.24, 2.45) is 0 Å². The van der Waals surface area contributed by atoms with E-state index in [0.717, 1.165) is 11.1 Å². The first-order chi connectivity index (χ1) is 9.95. The molecule has 0 amide bonds. The molecule has 0 radical (unpaired) electrons. The Kier molecular flexibility index (Phi) is 3.51. The van der Waals surface area contributed by atoms with Gasteiger partial charge in [-0.25, -0.2) is 13.4 Å². The number of rotatable bonds is 3. The lowest BCUT2D eigenvalue weighted by atomic mass is 10.2. The zero-order chi connectivity index (χ0) is 15.0. The summed E-state index contributed by atoms with van der Waals surface area (Å²) in [5.74, 6) is 0. The Morgan fingerprint density at radius 1 is 1.14 bits per heavy atom. The van der Waals surface area contributed by atoms with Crippen LogP contribution in [0.25, 0.3) is 11.0 Å². The summed E-state index contributed by atoms with van der Waals surface area (Å²) in [6.45, 7) is 0.647. The summed E-state index contributed by atoms with van der Waals surface area (Å²) < 4.78 is 25.2. The Bertz CT molecular complexity index is 900. The number of imidazole rings is 1. The van der Waals surface area contributed by atoms with Crippen molar-refractivity contribution >= 4 is 33.5 Å². The molecule has 0 saturated carbocycles. The summed E-state index contributed by atoms with van der Waals surface area (Å²) in [6.07, 6.45) is 1.19. The molecule has 0 aliphatic carbocycles. The molecule has 0 fully saturated rings. The molecular weight excluding hydrogens is 304 g/mol. The standard InChI is InChI=1S/C15H14N2O2S2/c1-21(18,19)12-7-8-14-13(9-12)16-15(20)17(14)10-11-5-3-2-4-6-11/h2-9H,10H2,1H3,(H,16,20). The van der Waals surface area contributed by atoms with Crippen LogP contribution in [0.5, 0.6) is 0 Å². The first-order valence-corrected chi connectivity index (χ1v) is 8.72. The molecule has 6 heteroatoms. The number of sulfone groups is 1. The molecule has 0 saturated heterocycles. The van der Waals surface area contributed by atoms with Crippen molar-refractivity contribution in [3.63, 3.8) is 0 Å². The molecule has 108 valence electrons. The van der Waals surface area contributed by atoms with Gasteiger partial charge in [-0.3, -0.25) is 0 Å². The molecule has 21 heavy (non-hydrogen) atoms. The van der Waals surface area contributed by atoms with Gasteiger partial charge >= 0.3 is 0 Å². The third kappa shape index (κ3) is 2.82. The average Bonchev–Trinajstić information content (AvgIpc) is 2.75. The monoisotopic (exact) mass is 318 g/mol. The van der Waals surface area contributed by atoms with Crippen molar-refractivity contribution in [3.8, 4) is 0 Å². The van der Waals surface area contributed by atoms with Gasteiger partial charge in [0.2, 0.25) is 0 Å². The summed E-state index contributed by atoms with van der Waals surface area (Å²) in [5.41, 5.74) is 2.65. The SMILES string of the molecule is CS(=O)(=O)c1ccc2c(c1)nc(S)n2Cc1ccccc1. The molecule has 0 N–H and O–H groups in total. The number of nitrogens with zero attached hydrogens (tertiary/aromatic N) is 2. The van der Waals surface area contributed by atoms with E-state index in [2.05, 4.69) is 17.6 Å². The normalized spacial score (nSPS) is 11.9. The van der Waals surface area contributed by atoms with Gasteiger partial charge in [0.15, 0.2) is 15.0 Å². The Balaban J connectivity index is 2.10. The van der Waals surface area contributed by atoms with Gasteiger partial charge in [-0.05, 0) is 23.8 Å². The zero-order valence-electron chi connectivity index (χ0n) is 11.4. The lowest BCUT2D eigenvalue weighted by molar-refractivity contribution is 0.602. The Labute approximate surface area is 128 Å². The first kappa shape index (κ1) is 14.2. The van der Waals surface area contributed by atoms with Crippen LogP contribution < -0.4 is 0 Å². The third-order valence-electron chi connectivity index (χ3n) is 3.31. The molecule has 1 heterocycles. The van der Waals surface area contributed by atoms with Crippen LogP contribution in [0.4, 0.5) is 0 Å². The molecule has 1 aromatic heterocycles. The summed E-state index contributed by atoms with van der Waals surface area (Å²) >= 11 is 4.40. The highest BCUT2D eigenvalue weighted by molar-refractivity contribution is 7.90. The highest BCUT2D eigenvalue weighted by Crippen LogP contribution is 2.23. The number of benzene rings is 2. The van der Waals surface area contributed by atoms with Crippen molar-refractivity contribution in [3.05, 3.63) is 54.1 Å². The maximum atomic E-state index is 11.6. The van der Waals surface area contributed by atoms with E-state index < -0.39 is 9.84 Å². The van der Waals surface area contributed by atoms with Crippen LogP contribution in [0.15, 0.2) is 58.6 Å². The maximum Gasteiger partial charge on any atom is 0.175 e. The Morgan fingerprint density at radius 2 is 1.86 bits per heavy atom. The summed E-state index contributed by atoms with van der Waals surface area (Å²) in [4.78, 5) is 4.62. The van der Waals surface area contributed by atoms with Crippen LogP contribution in [-0.4, -0.2) is 24.2 Å². The fraction of sp³-hybridized carbons (Fsp3) is 0.133. The lowest BCUT2D eigenvalue weighted by Crippen LogP contribution is -2.00. The van der Waals surface area contributed by atoms with Crippen molar-refractivity contribution in [1.82, 2.24) is 9.55 Å². The number of thiol groups is 1. The highest BCUT2D eigenvalue weighted by atomic mass is 32.2. The number of fused-ring (bicyclic) bond motifs is 1. The van der Waals surface area contributed by atoms with E-state index in [-0.39, 0.29) is 4.90 Å². The van der Waals surface area contributed by atoms with Crippen molar-refractivity contribution in [2.45, 2.75) is 16.6 Å². The van der Waals surface area contributed by atoms with Gasteiger partial charge in [0.25, 0.3) is 0 Å². The van der Waals surface area contributed by atoms with Gasteiger partial charge in [-0.2, -0.15) is 0 Å². The fourth-order valence-electron chi connectivity index (χ4n) is 2.25. The third-order valence-corrected chi connectivity index (χ3v) is 4.76. The average molecular weight is 318 g/mol. The second-order valence-corrected chi connectivity index (χ2v) is 7.32. The van der Waals surface area contributed by atoms with E-state index in [1.807, 2.05) is 34.9 Å². The summed E-state index contributed by atoms with van der Waals surface area (Å²) in [7, 11) is -3.23. The largest absolute Gasteiger partial charge is 0.315 e. The van der Waals surface area contributed by atoms with Gasteiger partial charge in [0.05, 0.1) is 22.5 Å². The quantitative estimate of drug-likeness (QED) is 0.756. The lowest BCUT2D eigenvalue weighted by Gasteiger charge is -2.06. The van der Waals surface area contributed by atoms with Crippen molar-refractivity contribution in [2.75, 3.05) is 6.26 Å². The van der Waals surface area contributed by atoms with Crippen LogP contribution in [0.2, 0.25) is 0 Å². The Morgan fingerprint density at radius 3 is 2.52 bits per heavy atom. The molecule has 0 aliphatic rings. The number of aromatic nitrogens is 2. The molecule has 3 aromatic rings. The molecule has 2 aromatic carbocycles. The van der Waals surface area contributed by atoms with E-state index in [1.165, 1.54) is 6.26 Å². The molecular formula is C15H14N2O2S2. The molecule has 0 aliphatic heterocycles. The smallest absolute Gasteiger partial charge is 0.175 e. The van der Waals surface area contributed by atoms with Gasteiger partial charge in [0.1, 0.15) is 0 Å². The zero-order valence-corrected chi connectivity index (χ0v) is 13.1. The van der Waals surface area contributed by atoms with E-state index in [9.17, 15) is 8.42 Å². The van der Waals surface area contributed by atoms with E-state index in [1.54, 1.807) is 18.2 Å². The van der Waals surface area contributed by atoms with Crippen LogP contribution in [-0.2, 0) is 16.4 Å². The predicted molar refractivity (Wildman–Crippen MR) is 85.6 cm³/mol. The van der Waals surface area contributed by atoms with Crippen LogP contribution in [0.1, 0.15) is 5.56 Å². The topological polar surface area (TPSA) is 52.0 Å². The van der Waals surface area contributed by atoms with E-state index in [4.69, 9.17) is 0 Å². The number of hydrogen-bond donors (Lipinski definition) is 1. The van der Waals surface area contributed by atoms with Crippen molar-refractivity contribution < 1.29 is 8.42 Å². The van der Waals surface area contributed by atoms with E-state index in [0.29, 0.717) is 17.2 Å². The molecule has 0 bridgehead atoms. The van der Waals surface area contributed by atoms with Crippen molar-refractivity contribution in [1.29, 1.82) is 0 Å². The summed E-state index contributed by atoms with van der Waals surface area (Å²) in [6, 6.07) is 15.0. The van der Waals surface area contributed by atoms with E-state index >= 15 is 0 Å². The minimum Gasteiger partial charge on any atom is -0.315 e. The molecule has 3 rings (SSSR count). The Hall–Kier alpha value is -1.79. The molecule has 0 atom stereocenters.